The Balaban J connectivity index is 2.34. The molecule has 0 saturated carbocycles. The lowest BCUT2D eigenvalue weighted by atomic mass is 10.1. The van der Waals surface area contributed by atoms with Crippen LogP contribution in [0.4, 0.5) is 0 Å². The first-order valence-corrected chi connectivity index (χ1v) is 8.42. The van der Waals surface area contributed by atoms with Gasteiger partial charge >= 0.3 is 17.6 Å². The van der Waals surface area contributed by atoms with E-state index in [0.29, 0.717) is 0 Å². The van der Waals surface area contributed by atoms with E-state index in [-0.39, 0.29) is 6.61 Å². The molecule has 9 nitrogen and oxygen atoms in total. The second-order valence-electron chi connectivity index (χ2n) is 5.16. The Bertz CT molecular complexity index is 728. The van der Waals surface area contributed by atoms with Gasteiger partial charge in [-0.25, -0.2) is 4.79 Å². The summed E-state index contributed by atoms with van der Waals surface area (Å²) in [5, 5.41) is -0.418. The predicted octanol–water partition coefficient (Wildman–Crippen LogP) is -0.340. The fourth-order valence-electron chi connectivity index (χ4n) is 2.48. The van der Waals surface area contributed by atoms with Crippen molar-refractivity contribution in [1.29, 1.82) is 0 Å². The van der Waals surface area contributed by atoms with Crippen LogP contribution in [0.3, 0.4) is 0 Å². The number of carbonyl (C=O) groups excluding carboxylic acids is 2. The van der Waals surface area contributed by atoms with Gasteiger partial charge in [-0.05, 0) is 6.26 Å². The highest BCUT2D eigenvalue weighted by Gasteiger charge is 2.48. The lowest BCUT2D eigenvalue weighted by Gasteiger charge is -2.22. The zero-order chi connectivity index (χ0) is 17.9. The molecule has 10 heteroatoms. The molecule has 0 spiro atoms. The number of hydrogen-bond donors (Lipinski definition) is 1. The molecular weight excluding hydrogens is 340 g/mol. The summed E-state index contributed by atoms with van der Waals surface area (Å²) in [7, 11) is 0. The first kappa shape index (κ1) is 18.3. The van der Waals surface area contributed by atoms with Crippen LogP contribution in [-0.4, -0.2) is 51.8 Å². The first-order chi connectivity index (χ1) is 11.3. The number of nitrogens with one attached hydrogen (secondary N) is 1. The minimum absolute atomic E-state index is 0.112. The van der Waals surface area contributed by atoms with Crippen LogP contribution in [0.1, 0.15) is 20.1 Å². The van der Waals surface area contributed by atoms with Crippen LogP contribution in [0.25, 0.3) is 0 Å². The summed E-state index contributed by atoms with van der Waals surface area (Å²) in [5.41, 5.74) is -1.16. The number of nitrogens with zero attached hydrogens (tertiary/aromatic N) is 1. The van der Waals surface area contributed by atoms with Gasteiger partial charge in [-0.2, -0.15) is 11.8 Å². The van der Waals surface area contributed by atoms with Crippen molar-refractivity contribution in [3.8, 4) is 0 Å². The monoisotopic (exact) mass is 358 g/mol. The number of esters is 2. The first-order valence-electron chi connectivity index (χ1n) is 7.13. The molecule has 4 atom stereocenters. The van der Waals surface area contributed by atoms with Gasteiger partial charge in [0.1, 0.15) is 18.8 Å². The van der Waals surface area contributed by atoms with Crippen molar-refractivity contribution in [2.24, 2.45) is 0 Å². The molecule has 1 aliphatic heterocycles. The van der Waals surface area contributed by atoms with Crippen LogP contribution < -0.4 is 11.2 Å². The van der Waals surface area contributed by atoms with Crippen molar-refractivity contribution in [1.82, 2.24) is 9.55 Å². The Kier molecular flexibility index (Phi) is 5.84. The molecule has 1 fully saturated rings. The van der Waals surface area contributed by atoms with Crippen molar-refractivity contribution in [2.75, 3.05) is 12.9 Å². The van der Waals surface area contributed by atoms with Crippen LogP contribution in [0, 0.1) is 0 Å². The highest BCUT2D eigenvalue weighted by molar-refractivity contribution is 7.99. The quantitative estimate of drug-likeness (QED) is 0.711. The van der Waals surface area contributed by atoms with Gasteiger partial charge < -0.3 is 14.2 Å². The highest BCUT2D eigenvalue weighted by Crippen LogP contribution is 2.37. The maximum Gasteiger partial charge on any atom is 0.330 e. The molecule has 132 valence electrons. The minimum Gasteiger partial charge on any atom is -0.463 e. The molecule has 1 saturated heterocycles. The molecule has 1 aromatic heterocycles. The standard InChI is InChI=1S/C14H18N2O7S/c1-7(17)21-6-9-11(22-8(2)18)12(24-3)13(23-9)16-5-4-10(19)15-14(16)20/h4-5,9,11-13H,6H2,1-3H3,(H,15,19,20)/t9-,11-,12-,13+/m1/s1. The number of carbonyl (C=O) groups is 2. The summed E-state index contributed by atoms with van der Waals surface area (Å²) in [6, 6.07) is 1.20. The second-order valence-corrected chi connectivity index (χ2v) is 6.18. The average molecular weight is 358 g/mol. The topological polar surface area (TPSA) is 117 Å². The zero-order valence-electron chi connectivity index (χ0n) is 13.4. The predicted molar refractivity (Wildman–Crippen MR) is 84.7 cm³/mol. The maximum atomic E-state index is 12.0. The van der Waals surface area contributed by atoms with Crippen molar-refractivity contribution < 1.29 is 23.8 Å². The van der Waals surface area contributed by atoms with Crippen LogP contribution >= 0.6 is 11.8 Å². The van der Waals surface area contributed by atoms with Gasteiger partial charge in [0.2, 0.25) is 0 Å². The van der Waals surface area contributed by atoms with Crippen molar-refractivity contribution in [2.45, 2.75) is 37.5 Å². The van der Waals surface area contributed by atoms with Gasteiger partial charge in [0, 0.05) is 26.1 Å². The Labute approximate surface area is 141 Å². The van der Waals surface area contributed by atoms with Gasteiger partial charge in [0.05, 0.1) is 5.25 Å². The molecule has 0 aromatic carbocycles. The maximum absolute atomic E-state index is 12.0. The summed E-state index contributed by atoms with van der Waals surface area (Å²) >= 11 is 1.34. The van der Waals surface area contributed by atoms with Crippen molar-refractivity contribution in [3.63, 3.8) is 0 Å². The SMILES string of the molecule is CS[C@@H]1[C@H](OC(C)=O)[C@@H](COC(C)=O)O[C@@H]1n1ccc(=O)[nH]c1=O. The van der Waals surface area contributed by atoms with Gasteiger partial charge in [-0.15, -0.1) is 0 Å². The van der Waals surface area contributed by atoms with Crippen LogP contribution in [0.5, 0.6) is 0 Å². The lowest BCUT2D eigenvalue weighted by Crippen LogP contribution is -2.38. The summed E-state index contributed by atoms with van der Waals surface area (Å²) in [6.07, 6.45) is 0.880. The van der Waals surface area contributed by atoms with Crippen LogP contribution in [-0.2, 0) is 23.8 Å². The molecule has 1 aliphatic rings. The van der Waals surface area contributed by atoms with Gasteiger partial charge in [-0.1, -0.05) is 0 Å². The fraction of sp³-hybridized carbons (Fsp3) is 0.571. The Morgan fingerprint density at radius 1 is 1.33 bits per heavy atom. The van der Waals surface area contributed by atoms with Gasteiger partial charge in [0.15, 0.2) is 6.23 Å². The fourth-order valence-corrected chi connectivity index (χ4v) is 3.41. The number of aromatic amines is 1. The molecule has 2 heterocycles. The third kappa shape index (κ3) is 4.06. The second kappa shape index (κ2) is 7.67. The number of rotatable bonds is 5. The number of aromatic nitrogens is 2. The number of ether oxygens (including phenoxy) is 3. The molecule has 0 bridgehead atoms. The molecule has 24 heavy (non-hydrogen) atoms. The summed E-state index contributed by atoms with van der Waals surface area (Å²) < 4.78 is 17.3. The van der Waals surface area contributed by atoms with Gasteiger partial charge in [-0.3, -0.25) is 23.9 Å². The third-order valence-electron chi connectivity index (χ3n) is 3.44. The number of thioether (sulfide) groups is 1. The van der Waals surface area contributed by atoms with E-state index in [1.54, 1.807) is 6.26 Å². The van der Waals surface area contributed by atoms with E-state index in [9.17, 15) is 19.2 Å². The van der Waals surface area contributed by atoms with E-state index in [4.69, 9.17) is 14.2 Å². The van der Waals surface area contributed by atoms with E-state index in [1.807, 2.05) is 0 Å². The highest BCUT2D eigenvalue weighted by atomic mass is 32.2. The molecule has 0 aliphatic carbocycles. The van der Waals surface area contributed by atoms with E-state index in [2.05, 4.69) is 4.98 Å². The third-order valence-corrected chi connectivity index (χ3v) is 4.48. The molecule has 0 amide bonds. The molecule has 0 unspecified atom stereocenters. The van der Waals surface area contributed by atoms with Crippen molar-refractivity contribution >= 4 is 23.7 Å². The molecule has 2 rings (SSSR count). The Morgan fingerprint density at radius 2 is 2.04 bits per heavy atom. The van der Waals surface area contributed by atoms with E-state index in [1.165, 1.54) is 42.4 Å². The van der Waals surface area contributed by atoms with Crippen LogP contribution in [0.15, 0.2) is 21.9 Å². The number of hydrogen-bond acceptors (Lipinski definition) is 8. The Hall–Kier alpha value is -2.07. The normalized spacial score (nSPS) is 26.1. The molecule has 1 aromatic rings. The van der Waals surface area contributed by atoms with E-state index >= 15 is 0 Å². The summed E-state index contributed by atoms with van der Waals surface area (Å²) in [5.74, 6) is -1.00. The zero-order valence-corrected chi connectivity index (χ0v) is 14.2. The van der Waals surface area contributed by atoms with E-state index in [0.717, 1.165) is 0 Å². The minimum atomic E-state index is -0.783. The van der Waals surface area contributed by atoms with Crippen molar-refractivity contribution in [3.05, 3.63) is 33.1 Å². The lowest BCUT2D eigenvalue weighted by molar-refractivity contribution is -0.155. The molecular formula is C14H18N2O7S. The summed E-state index contributed by atoms with van der Waals surface area (Å²) in [4.78, 5) is 47.8. The molecule has 1 N–H and O–H groups in total. The van der Waals surface area contributed by atoms with Crippen LogP contribution in [0.2, 0.25) is 0 Å². The number of H-pyrrole nitrogens is 1. The largest absolute Gasteiger partial charge is 0.463 e. The smallest absolute Gasteiger partial charge is 0.330 e. The Morgan fingerprint density at radius 3 is 2.58 bits per heavy atom. The molecule has 0 radical (unpaired) electrons. The summed E-state index contributed by atoms with van der Waals surface area (Å²) in [6.45, 7) is 2.41. The average Bonchev–Trinajstić information content (AvgIpc) is 2.82. The van der Waals surface area contributed by atoms with Gasteiger partial charge in [0.25, 0.3) is 5.56 Å². The van der Waals surface area contributed by atoms with E-state index < -0.39 is 46.9 Å².